The number of hydrogen-bond donors (Lipinski definition) is 0. The van der Waals surface area contributed by atoms with E-state index in [0.717, 1.165) is 31.8 Å². The van der Waals surface area contributed by atoms with Gasteiger partial charge in [-0.1, -0.05) is 0 Å². The molecule has 0 aliphatic heterocycles. The molecule has 0 amide bonds. The molecular formula is C15H22O4. The van der Waals surface area contributed by atoms with Crippen LogP contribution in [0, 0.1) is 0 Å². The second kappa shape index (κ2) is 9.53. The summed E-state index contributed by atoms with van der Waals surface area (Å²) in [6.45, 7) is 4.15. The lowest BCUT2D eigenvalue weighted by atomic mass is 10.1. The molecule has 0 heterocycles. The SMILES string of the molecule is COCCCCOCCOc1ccc(C(C)=O)cc1. The van der Waals surface area contributed by atoms with E-state index in [1.54, 1.807) is 38.3 Å². The first kappa shape index (κ1) is 15.7. The van der Waals surface area contributed by atoms with Crippen LogP contribution in [0.1, 0.15) is 30.1 Å². The molecule has 0 aromatic heterocycles. The van der Waals surface area contributed by atoms with Gasteiger partial charge in [-0.2, -0.15) is 0 Å². The number of rotatable bonds is 10. The topological polar surface area (TPSA) is 44.8 Å². The number of Topliss-reactive ketones (excluding diaryl/α,β-unsaturated/α-hetero) is 1. The van der Waals surface area contributed by atoms with Gasteiger partial charge in [-0.15, -0.1) is 0 Å². The van der Waals surface area contributed by atoms with Gasteiger partial charge in [0.25, 0.3) is 0 Å². The summed E-state index contributed by atoms with van der Waals surface area (Å²) >= 11 is 0. The van der Waals surface area contributed by atoms with Crippen molar-refractivity contribution in [1.82, 2.24) is 0 Å². The number of ketones is 1. The van der Waals surface area contributed by atoms with Crippen LogP contribution in [0.5, 0.6) is 5.75 Å². The van der Waals surface area contributed by atoms with Crippen molar-refractivity contribution in [2.24, 2.45) is 0 Å². The lowest BCUT2D eigenvalue weighted by Crippen LogP contribution is -2.08. The van der Waals surface area contributed by atoms with Crippen LogP contribution in [-0.2, 0) is 9.47 Å². The maximum atomic E-state index is 11.1. The van der Waals surface area contributed by atoms with E-state index in [2.05, 4.69) is 0 Å². The molecule has 0 spiro atoms. The Morgan fingerprint density at radius 1 is 1.00 bits per heavy atom. The quantitative estimate of drug-likeness (QED) is 0.482. The highest BCUT2D eigenvalue weighted by Crippen LogP contribution is 2.12. The minimum Gasteiger partial charge on any atom is -0.491 e. The number of ether oxygens (including phenoxy) is 3. The second-order valence-corrected chi connectivity index (χ2v) is 4.24. The normalized spacial score (nSPS) is 10.4. The Kier molecular flexibility index (Phi) is 7.86. The number of methoxy groups -OCH3 is 1. The molecule has 0 aliphatic carbocycles. The second-order valence-electron chi connectivity index (χ2n) is 4.24. The van der Waals surface area contributed by atoms with E-state index in [1.165, 1.54) is 0 Å². The number of carbonyl (C=O) groups excluding carboxylic acids is 1. The van der Waals surface area contributed by atoms with Crippen molar-refractivity contribution in [2.45, 2.75) is 19.8 Å². The highest BCUT2D eigenvalue weighted by Gasteiger charge is 1.99. The molecule has 0 radical (unpaired) electrons. The fourth-order valence-corrected chi connectivity index (χ4v) is 1.56. The summed E-state index contributed by atoms with van der Waals surface area (Å²) in [6.07, 6.45) is 2.02. The Labute approximate surface area is 114 Å². The van der Waals surface area contributed by atoms with E-state index in [4.69, 9.17) is 14.2 Å². The van der Waals surface area contributed by atoms with Crippen LogP contribution in [-0.4, -0.2) is 39.3 Å². The van der Waals surface area contributed by atoms with E-state index >= 15 is 0 Å². The Bertz CT molecular complexity index is 359. The predicted octanol–water partition coefficient (Wildman–Crippen LogP) is 2.71. The number of carbonyl (C=O) groups is 1. The molecular weight excluding hydrogens is 244 g/mol. The summed E-state index contributed by atoms with van der Waals surface area (Å²) in [4.78, 5) is 11.1. The van der Waals surface area contributed by atoms with Gasteiger partial charge in [-0.3, -0.25) is 4.79 Å². The first-order valence-electron chi connectivity index (χ1n) is 6.54. The summed E-state index contributed by atoms with van der Waals surface area (Å²) in [6, 6.07) is 7.14. The van der Waals surface area contributed by atoms with Crippen molar-refractivity contribution in [3.05, 3.63) is 29.8 Å². The third-order valence-electron chi connectivity index (χ3n) is 2.64. The minimum atomic E-state index is 0.0611. The summed E-state index contributed by atoms with van der Waals surface area (Å²) in [5.74, 6) is 0.818. The van der Waals surface area contributed by atoms with Gasteiger partial charge < -0.3 is 14.2 Å². The fraction of sp³-hybridized carbons (Fsp3) is 0.533. The van der Waals surface area contributed by atoms with E-state index in [1.807, 2.05) is 0 Å². The maximum absolute atomic E-state index is 11.1. The van der Waals surface area contributed by atoms with Crippen LogP contribution >= 0.6 is 0 Å². The summed E-state index contributed by atoms with van der Waals surface area (Å²) < 4.78 is 15.9. The average molecular weight is 266 g/mol. The lowest BCUT2D eigenvalue weighted by Gasteiger charge is -2.07. The third-order valence-corrected chi connectivity index (χ3v) is 2.64. The standard InChI is InChI=1S/C15H22O4/c1-13(16)14-5-7-15(8-6-14)19-12-11-18-10-4-3-9-17-2/h5-8H,3-4,9-12H2,1-2H3. The van der Waals surface area contributed by atoms with Gasteiger partial charge in [0.1, 0.15) is 12.4 Å². The largest absolute Gasteiger partial charge is 0.491 e. The smallest absolute Gasteiger partial charge is 0.159 e. The molecule has 19 heavy (non-hydrogen) atoms. The third kappa shape index (κ3) is 6.94. The highest BCUT2D eigenvalue weighted by molar-refractivity contribution is 5.94. The molecule has 4 nitrogen and oxygen atoms in total. The molecule has 0 bridgehead atoms. The molecule has 1 rings (SSSR count). The molecule has 0 saturated heterocycles. The van der Waals surface area contributed by atoms with Crippen LogP contribution < -0.4 is 4.74 Å². The maximum Gasteiger partial charge on any atom is 0.159 e. The molecule has 0 N–H and O–H groups in total. The Morgan fingerprint density at radius 2 is 1.68 bits per heavy atom. The highest BCUT2D eigenvalue weighted by atomic mass is 16.5. The number of benzene rings is 1. The van der Waals surface area contributed by atoms with E-state index in [-0.39, 0.29) is 5.78 Å². The van der Waals surface area contributed by atoms with Gasteiger partial charge in [0, 0.05) is 25.9 Å². The summed E-state index contributed by atoms with van der Waals surface area (Å²) in [5.41, 5.74) is 0.696. The zero-order chi connectivity index (χ0) is 13.9. The zero-order valence-electron chi connectivity index (χ0n) is 11.7. The molecule has 0 atom stereocenters. The molecule has 0 unspecified atom stereocenters. The summed E-state index contributed by atoms with van der Waals surface area (Å²) in [7, 11) is 1.70. The minimum absolute atomic E-state index is 0.0611. The van der Waals surface area contributed by atoms with Crippen molar-refractivity contribution in [3.63, 3.8) is 0 Å². The van der Waals surface area contributed by atoms with Gasteiger partial charge in [-0.05, 0) is 44.0 Å². The van der Waals surface area contributed by atoms with Crippen LogP contribution in [0.4, 0.5) is 0 Å². The molecule has 4 heteroatoms. The Morgan fingerprint density at radius 3 is 2.32 bits per heavy atom. The molecule has 0 fully saturated rings. The van der Waals surface area contributed by atoms with Crippen LogP contribution in [0.2, 0.25) is 0 Å². The Balaban J connectivity index is 2.07. The first-order chi connectivity index (χ1) is 9.24. The van der Waals surface area contributed by atoms with Crippen LogP contribution in [0.3, 0.4) is 0 Å². The monoisotopic (exact) mass is 266 g/mol. The summed E-state index contributed by atoms with van der Waals surface area (Å²) in [5, 5.41) is 0. The van der Waals surface area contributed by atoms with E-state index in [0.29, 0.717) is 18.8 Å². The van der Waals surface area contributed by atoms with Gasteiger partial charge in [0.2, 0.25) is 0 Å². The van der Waals surface area contributed by atoms with Gasteiger partial charge in [0.15, 0.2) is 5.78 Å². The van der Waals surface area contributed by atoms with Crippen molar-refractivity contribution in [2.75, 3.05) is 33.5 Å². The zero-order valence-corrected chi connectivity index (χ0v) is 11.7. The molecule has 1 aromatic rings. The van der Waals surface area contributed by atoms with E-state index in [9.17, 15) is 4.79 Å². The molecule has 0 aliphatic rings. The van der Waals surface area contributed by atoms with Crippen LogP contribution in [0.25, 0.3) is 0 Å². The number of unbranched alkanes of at least 4 members (excludes halogenated alkanes) is 1. The predicted molar refractivity (Wildman–Crippen MR) is 73.9 cm³/mol. The van der Waals surface area contributed by atoms with Crippen molar-refractivity contribution in [3.8, 4) is 5.75 Å². The van der Waals surface area contributed by atoms with Gasteiger partial charge in [0.05, 0.1) is 6.61 Å². The molecule has 0 saturated carbocycles. The average Bonchev–Trinajstić information content (AvgIpc) is 2.42. The van der Waals surface area contributed by atoms with E-state index < -0.39 is 0 Å². The first-order valence-corrected chi connectivity index (χ1v) is 6.54. The van der Waals surface area contributed by atoms with Gasteiger partial charge in [-0.25, -0.2) is 0 Å². The Hall–Kier alpha value is -1.39. The van der Waals surface area contributed by atoms with Crippen molar-refractivity contribution in [1.29, 1.82) is 0 Å². The molecule has 1 aromatic carbocycles. The van der Waals surface area contributed by atoms with Gasteiger partial charge >= 0.3 is 0 Å². The fourth-order valence-electron chi connectivity index (χ4n) is 1.56. The van der Waals surface area contributed by atoms with Crippen molar-refractivity contribution >= 4 is 5.78 Å². The van der Waals surface area contributed by atoms with Crippen LogP contribution in [0.15, 0.2) is 24.3 Å². The lowest BCUT2D eigenvalue weighted by molar-refractivity contribution is 0.0915. The van der Waals surface area contributed by atoms with Crippen molar-refractivity contribution < 1.29 is 19.0 Å². The number of hydrogen-bond acceptors (Lipinski definition) is 4. The molecule has 106 valence electrons.